The number of pyridine rings is 1. The molecule has 0 fully saturated rings. The van der Waals surface area contributed by atoms with E-state index >= 15 is 0 Å². The molecule has 0 atom stereocenters. The van der Waals surface area contributed by atoms with E-state index in [9.17, 15) is 0 Å². The molecular weight excluding hydrogens is 408 g/mol. The van der Waals surface area contributed by atoms with E-state index in [0.29, 0.717) is 22.9 Å². The number of halogens is 2. The molecule has 7 heteroatoms. The Morgan fingerprint density at radius 1 is 1.20 bits per heavy atom. The molecule has 4 nitrogen and oxygen atoms in total. The molecule has 0 aliphatic carbocycles. The minimum atomic E-state index is 0.185. The second-order valence-electron chi connectivity index (χ2n) is 3.73. The van der Waals surface area contributed by atoms with Crippen molar-refractivity contribution in [2.24, 2.45) is 5.73 Å². The molecule has 1 heterocycles. The van der Waals surface area contributed by atoms with Crippen LogP contribution >= 0.6 is 44.1 Å². The number of nitrogens with zero attached hydrogens (tertiary/aromatic N) is 1. The van der Waals surface area contributed by atoms with Crippen LogP contribution in [0.25, 0.3) is 0 Å². The van der Waals surface area contributed by atoms with Gasteiger partial charge < -0.3 is 15.2 Å². The molecule has 0 saturated heterocycles. The summed E-state index contributed by atoms with van der Waals surface area (Å²) >= 11 is 11.8. The van der Waals surface area contributed by atoms with Crippen LogP contribution in [0.4, 0.5) is 0 Å². The molecular formula is C13H10Br2N2O2S. The Bertz CT molecular complexity index is 665. The largest absolute Gasteiger partial charge is 0.496 e. The van der Waals surface area contributed by atoms with Gasteiger partial charge in [-0.3, -0.25) is 0 Å². The van der Waals surface area contributed by atoms with Crippen LogP contribution in [0.2, 0.25) is 0 Å². The minimum Gasteiger partial charge on any atom is -0.496 e. The number of ether oxygens (including phenoxy) is 2. The quantitative estimate of drug-likeness (QED) is 0.760. The van der Waals surface area contributed by atoms with Crippen LogP contribution in [0, 0.1) is 0 Å². The first-order chi connectivity index (χ1) is 9.52. The van der Waals surface area contributed by atoms with E-state index in [1.807, 2.05) is 0 Å². The number of thiocarbonyl (C=S) groups is 1. The topological polar surface area (TPSA) is 57.4 Å². The van der Waals surface area contributed by atoms with E-state index in [1.54, 1.807) is 37.6 Å². The highest BCUT2D eigenvalue weighted by Gasteiger charge is 2.13. The lowest BCUT2D eigenvalue weighted by atomic mass is 10.3. The van der Waals surface area contributed by atoms with Crippen molar-refractivity contribution in [2.75, 3.05) is 7.11 Å². The van der Waals surface area contributed by atoms with Gasteiger partial charge in [0.15, 0.2) is 5.75 Å². The molecule has 1 aromatic heterocycles. The normalized spacial score (nSPS) is 10.2. The van der Waals surface area contributed by atoms with E-state index in [0.717, 1.165) is 8.95 Å². The summed E-state index contributed by atoms with van der Waals surface area (Å²) < 4.78 is 12.5. The summed E-state index contributed by atoms with van der Waals surface area (Å²) in [7, 11) is 1.60. The Hall–Kier alpha value is -1.18. The zero-order valence-corrected chi connectivity index (χ0v) is 14.4. The van der Waals surface area contributed by atoms with Gasteiger partial charge in [-0.2, -0.15) is 0 Å². The lowest BCUT2D eigenvalue weighted by Crippen LogP contribution is -2.12. The molecule has 1 aromatic carbocycles. The summed E-state index contributed by atoms with van der Waals surface area (Å²) in [6.45, 7) is 0. The summed E-state index contributed by atoms with van der Waals surface area (Å²) in [5, 5.41) is 0. The second-order valence-corrected chi connectivity index (χ2v) is 5.88. The third-order valence-electron chi connectivity index (χ3n) is 2.43. The number of aromatic nitrogens is 1. The molecule has 2 rings (SSSR count). The van der Waals surface area contributed by atoms with Crippen LogP contribution in [0.15, 0.2) is 39.4 Å². The van der Waals surface area contributed by atoms with Crippen molar-refractivity contribution in [2.45, 2.75) is 0 Å². The monoisotopic (exact) mass is 416 g/mol. The Balaban J connectivity index is 2.40. The molecule has 0 unspecified atom stereocenters. The molecule has 0 amide bonds. The van der Waals surface area contributed by atoms with Gasteiger partial charge in [0, 0.05) is 6.20 Å². The fourth-order valence-electron chi connectivity index (χ4n) is 1.52. The summed E-state index contributed by atoms with van der Waals surface area (Å²) in [6, 6.07) is 7.10. The lowest BCUT2D eigenvalue weighted by molar-refractivity contribution is 0.409. The smallest absolute Gasteiger partial charge is 0.156 e. The van der Waals surface area contributed by atoms with Gasteiger partial charge >= 0.3 is 0 Å². The van der Waals surface area contributed by atoms with Gasteiger partial charge in [0.1, 0.15) is 22.2 Å². The second kappa shape index (κ2) is 6.51. The van der Waals surface area contributed by atoms with Gasteiger partial charge in [0.25, 0.3) is 0 Å². The third kappa shape index (κ3) is 3.28. The fourth-order valence-corrected chi connectivity index (χ4v) is 2.56. The summed E-state index contributed by atoms with van der Waals surface area (Å²) in [6.07, 6.45) is 1.61. The zero-order valence-electron chi connectivity index (χ0n) is 10.4. The van der Waals surface area contributed by atoms with Gasteiger partial charge in [0.05, 0.1) is 16.1 Å². The third-order valence-corrected chi connectivity index (χ3v) is 3.86. The van der Waals surface area contributed by atoms with Crippen molar-refractivity contribution >= 4 is 49.1 Å². The van der Waals surface area contributed by atoms with Gasteiger partial charge in [-0.25, -0.2) is 4.98 Å². The predicted octanol–water partition coefficient (Wildman–Crippen LogP) is 4.04. The van der Waals surface area contributed by atoms with Crippen molar-refractivity contribution in [3.05, 3.63) is 45.1 Å². The van der Waals surface area contributed by atoms with E-state index in [2.05, 4.69) is 36.8 Å². The molecule has 0 radical (unpaired) electrons. The molecule has 2 aromatic rings. The number of hydrogen-bond donors (Lipinski definition) is 1. The maximum absolute atomic E-state index is 5.82. The Kier molecular flexibility index (Phi) is 4.95. The number of nitrogens with two attached hydrogens (primary N) is 1. The molecule has 0 aliphatic heterocycles. The number of hydrogen-bond acceptors (Lipinski definition) is 4. The predicted molar refractivity (Wildman–Crippen MR) is 88.6 cm³/mol. The molecule has 2 N–H and O–H groups in total. The van der Waals surface area contributed by atoms with Crippen LogP contribution in [-0.2, 0) is 0 Å². The SMILES string of the molecule is COc1cc(Br)c(Oc2cccnc2C(N)=S)cc1Br. The molecule has 0 bridgehead atoms. The van der Waals surface area contributed by atoms with Crippen molar-refractivity contribution in [1.29, 1.82) is 0 Å². The first-order valence-electron chi connectivity index (χ1n) is 5.48. The molecule has 0 spiro atoms. The van der Waals surface area contributed by atoms with Crippen molar-refractivity contribution in [1.82, 2.24) is 4.98 Å². The highest BCUT2D eigenvalue weighted by molar-refractivity contribution is 9.11. The van der Waals surface area contributed by atoms with Gasteiger partial charge in [-0.05, 0) is 56.1 Å². The van der Waals surface area contributed by atoms with Crippen molar-refractivity contribution in [3.8, 4) is 17.2 Å². The number of benzene rings is 1. The van der Waals surface area contributed by atoms with Gasteiger partial charge in [0.2, 0.25) is 0 Å². The standard InChI is InChI=1S/C13H10Br2N2O2S/c1-18-10-5-8(15)11(6-7(10)14)19-9-3-2-4-17-12(9)13(16)20/h2-6H,1H3,(H2,16,20). The van der Waals surface area contributed by atoms with Crippen molar-refractivity contribution < 1.29 is 9.47 Å². The van der Waals surface area contributed by atoms with Crippen LogP contribution in [-0.4, -0.2) is 17.1 Å². The van der Waals surface area contributed by atoms with Crippen LogP contribution < -0.4 is 15.2 Å². The molecule has 20 heavy (non-hydrogen) atoms. The van der Waals surface area contributed by atoms with E-state index in [1.165, 1.54) is 0 Å². The maximum atomic E-state index is 5.82. The summed E-state index contributed by atoms with van der Waals surface area (Å²) in [4.78, 5) is 4.30. The first kappa shape index (κ1) is 15.2. The Labute approximate surface area is 138 Å². The minimum absolute atomic E-state index is 0.185. The Morgan fingerprint density at radius 3 is 2.50 bits per heavy atom. The average Bonchev–Trinajstić information content (AvgIpc) is 2.42. The number of methoxy groups -OCH3 is 1. The van der Waals surface area contributed by atoms with Crippen molar-refractivity contribution in [3.63, 3.8) is 0 Å². The fraction of sp³-hybridized carbons (Fsp3) is 0.0769. The van der Waals surface area contributed by atoms with E-state index < -0.39 is 0 Å². The highest BCUT2D eigenvalue weighted by atomic mass is 79.9. The Morgan fingerprint density at radius 2 is 1.85 bits per heavy atom. The number of rotatable bonds is 4. The summed E-state index contributed by atoms with van der Waals surface area (Å²) in [5.41, 5.74) is 6.08. The lowest BCUT2D eigenvalue weighted by Gasteiger charge is -2.12. The van der Waals surface area contributed by atoms with E-state index in [-0.39, 0.29) is 4.99 Å². The van der Waals surface area contributed by atoms with E-state index in [4.69, 9.17) is 27.4 Å². The first-order valence-corrected chi connectivity index (χ1v) is 7.48. The van der Waals surface area contributed by atoms with Crippen LogP contribution in [0.3, 0.4) is 0 Å². The van der Waals surface area contributed by atoms with Gasteiger partial charge in [-0.15, -0.1) is 0 Å². The zero-order chi connectivity index (χ0) is 14.7. The highest BCUT2D eigenvalue weighted by Crippen LogP contribution is 2.38. The molecule has 0 aliphatic rings. The molecule has 0 saturated carbocycles. The van der Waals surface area contributed by atoms with Crippen LogP contribution in [0.5, 0.6) is 17.2 Å². The summed E-state index contributed by atoms with van der Waals surface area (Å²) in [5.74, 6) is 1.80. The molecule has 104 valence electrons. The average molecular weight is 418 g/mol. The van der Waals surface area contributed by atoms with Crippen LogP contribution in [0.1, 0.15) is 5.69 Å². The maximum Gasteiger partial charge on any atom is 0.156 e. The van der Waals surface area contributed by atoms with Gasteiger partial charge in [-0.1, -0.05) is 12.2 Å².